The number of nitrogens with one attached hydrogen (secondary N) is 1. The van der Waals surface area contributed by atoms with Crippen LogP contribution in [0.5, 0.6) is 11.5 Å². The van der Waals surface area contributed by atoms with Crippen LogP contribution in [0.2, 0.25) is 0 Å². The molecule has 4 rings (SSSR count). The number of para-hydroxylation sites is 2. The highest BCUT2D eigenvalue weighted by atomic mass is 32.2. The van der Waals surface area contributed by atoms with Crippen LogP contribution in [0.3, 0.4) is 0 Å². The normalized spacial score (nSPS) is 15.4. The zero-order chi connectivity index (χ0) is 23.6. The fourth-order valence-electron chi connectivity index (χ4n) is 3.63. The quantitative estimate of drug-likeness (QED) is 0.586. The molecule has 8 heteroatoms. The molecule has 1 unspecified atom stereocenters. The number of rotatable bonds is 6. The fourth-order valence-corrected chi connectivity index (χ4v) is 5.19. The zero-order valence-corrected chi connectivity index (χ0v) is 19.6. The van der Waals surface area contributed by atoms with Gasteiger partial charge in [-0.05, 0) is 74.4 Å². The average molecular weight is 467 g/mol. The molecule has 0 aromatic heterocycles. The van der Waals surface area contributed by atoms with Crippen LogP contribution in [0.1, 0.15) is 18.1 Å². The summed E-state index contributed by atoms with van der Waals surface area (Å²) in [5, 5.41) is 2.73. The minimum absolute atomic E-state index is 0.135. The van der Waals surface area contributed by atoms with Gasteiger partial charge in [-0.25, -0.2) is 8.42 Å². The molecule has 1 aliphatic rings. The lowest BCUT2D eigenvalue weighted by Crippen LogP contribution is -2.42. The molecule has 3 aromatic rings. The van der Waals surface area contributed by atoms with E-state index in [0.29, 0.717) is 22.9 Å². The van der Waals surface area contributed by atoms with Gasteiger partial charge in [-0.15, -0.1) is 0 Å². The minimum Gasteiger partial charge on any atom is -0.487 e. The lowest BCUT2D eigenvalue weighted by molar-refractivity contribution is -0.118. The van der Waals surface area contributed by atoms with Gasteiger partial charge in [0.05, 0.1) is 17.1 Å². The van der Waals surface area contributed by atoms with Crippen molar-refractivity contribution in [1.29, 1.82) is 0 Å². The Kier molecular flexibility index (Phi) is 6.29. The summed E-state index contributed by atoms with van der Waals surface area (Å²) >= 11 is 0. The molecule has 0 aliphatic carbocycles. The average Bonchev–Trinajstić information content (AvgIpc) is 2.80. The number of amides is 1. The minimum atomic E-state index is -3.79. The Labute approximate surface area is 194 Å². The maximum Gasteiger partial charge on any atom is 0.264 e. The van der Waals surface area contributed by atoms with Crippen molar-refractivity contribution in [3.05, 3.63) is 77.9 Å². The van der Waals surface area contributed by atoms with E-state index >= 15 is 0 Å². The number of anilines is 2. The van der Waals surface area contributed by atoms with Crippen molar-refractivity contribution in [2.75, 3.05) is 22.8 Å². The number of aryl methyl sites for hydroxylation is 1. The summed E-state index contributed by atoms with van der Waals surface area (Å²) in [7, 11) is -3.79. The molecular formula is C25H26N2O5S. The molecule has 1 heterocycles. The lowest BCUT2D eigenvalue weighted by Gasteiger charge is -2.34. The van der Waals surface area contributed by atoms with E-state index in [4.69, 9.17) is 9.47 Å². The van der Waals surface area contributed by atoms with Gasteiger partial charge in [-0.2, -0.15) is 0 Å². The molecule has 1 N–H and O–H groups in total. The second-order valence-electron chi connectivity index (χ2n) is 7.99. The van der Waals surface area contributed by atoms with Crippen LogP contribution in [0, 0.1) is 13.8 Å². The van der Waals surface area contributed by atoms with E-state index in [-0.39, 0.29) is 30.1 Å². The van der Waals surface area contributed by atoms with Crippen LogP contribution in [0.4, 0.5) is 11.4 Å². The Morgan fingerprint density at radius 2 is 1.79 bits per heavy atom. The molecule has 0 saturated heterocycles. The second kappa shape index (κ2) is 9.15. The summed E-state index contributed by atoms with van der Waals surface area (Å²) in [6.07, 6.45) is -0.273. The van der Waals surface area contributed by atoms with Crippen molar-refractivity contribution < 1.29 is 22.7 Å². The topological polar surface area (TPSA) is 84.9 Å². The molecule has 172 valence electrons. The van der Waals surface area contributed by atoms with Gasteiger partial charge in [0.25, 0.3) is 15.9 Å². The van der Waals surface area contributed by atoms with Gasteiger partial charge in [0.1, 0.15) is 17.6 Å². The number of carbonyl (C=O) groups is 1. The highest BCUT2D eigenvalue weighted by Crippen LogP contribution is 2.36. The second-order valence-corrected chi connectivity index (χ2v) is 9.85. The van der Waals surface area contributed by atoms with Gasteiger partial charge in [-0.3, -0.25) is 9.10 Å². The molecule has 33 heavy (non-hydrogen) atoms. The predicted molar refractivity (Wildman–Crippen MR) is 128 cm³/mol. The van der Waals surface area contributed by atoms with E-state index in [1.807, 2.05) is 45.0 Å². The number of nitrogens with zero attached hydrogens (tertiary/aromatic N) is 1. The molecule has 0 saturated carbocycles. The van der Waals surface area contributed by atoms with E-state index in [0.717, 1.165) is 11.1 Å². The largest absolute Gasteiger partial charge is 0.487 e. The van der Waals surface area contributed by atoms with Crippen LogP contribution in [0.15, 0.2) is 71.6 Å². The Balaban J connectivity index is 1.45. The van der Waals surface area contributed by atoms with E-state index < -0.39 is 10.0 Å². The van der Waals surface area contributed by atoms with Gasteiger partial charge in [0.15, 0.2) is 6.61 Å². The summed E-state index contributed by atoms with van der Waals surface area (Å²) in [6, 6.07) is 18.9. The van der Waals surface area contributed by atoms with Crippen LogP contribution < -0.4 is 19.1 Å². The first-order valence-corrected chi connectivity index (χ1v) is 12.1. The Bertz CT molecular complexity index is 1270. The van der Waals surface area contributed by atoms with E-state index in [1.165, 1.54) is 16.4 Å². The summed E-state index contributed by atoms with van der Waals surface area (Å²) in [5.74, 6) is 0.863. The zero-order valence-electron chi connectivity index (χ0n) is 18.7. The van der Waals surface area contributed by atoms with Crippen LogP contribution in [-0.4, -0.2) is 33.6 Å². The summed E-state index contributed by atoms with van der Waals surface area (Å²) in [6.45, 7) is 5.82. The van der Waals surface area contributed by atoms with Crippen molar-refractivity contribution in [3.8, 4) is 11.5 Å². The number of carbonyl (C=O) groups excluding carboxylic acids is 1. The van der Waals surface area contributed by atoms with Crippen LogP contribution >= 0.6 is 0 Å². The molecule has 7 nitrogen and oxygen atoms in total. The fraction of sp³-hybridized carbons (Fsp3) is 0.240. The lowest BCUT2D eigenvalue weighted by atomic mass is 10.1. The predicted octanol–water partition coefficient (Wildman–Crippen LogP) is 4.30. The Hall–Kier alpha value is -3.52. The molecule has 1 atom stereocenters. The first kappa shape index (κ1) is 22.7. The molecule has 0 bridgehead atoms. The third-order valence-corrected chi connectivity index (χ3v) is 7.32. The van der Waals surface area contributed by atoms with Gasteiger partial charge in [0.2, 0.25) is 0 Å². The number of sulfonamides is 1. The Morgan fingerprint density at radius 3 is 2.55 bits per heavy atom. The van der Waals surface area contributed by atoms with Crippen molar-refractivity contribution >= 4 is 27.3 Å². The highest BCUT2D eigenvalue weighted by molar-refractivity contribution is 7.92. The molecular weight excluding hydrogens is 440 g/mol. The van der Waals surface area contributed by atoms with Crippen molar-refractivity contribution in [2.24, 2.45) is 0 Å². The highest BCUT2D eigenvalue weighted by Gasteiger charge is 2.32. The maximum atomic E-state index is 13.3. The maximum absolute atomic E-state index is 13.3. The molecule has 1 amide bonds. The number of ether oxygens (including phenoxy) is 2. The monoisotopic (exact) mass is 466 g/mol. The van der Waals surface area contributed by atoms with Crippen molar-refractivity contribution in [2.45, 2.75) is 31.8 Å². The number of fused-ring (bicyclic) bond motifs is 1. The van der Waals surface area contributed by atoms with E-state index in [2.05, 4.69) is 5.32 Å². The molecule has 0 radical (unpaired) electrons. The standard InChI is InChI=1S/C25H26N2O5S/c1-17-7-6-10-23(19(17)3)31-16-25(28)26-20-11-13-21(14-12-20)33(29,30)27-15-18(2)32-24-9-5-4-8-22(24)27/h4-14,18H,15-16H2,1-3H3,(H,26,28). The molecule has 0 spiro atoms. The third-order valence-electron chi connectivity index (χ3n) is 5.52. The van der Waals surface area contributed by atoms with Gasteiger partial charge >= 0.3 is 0 Å². The number of hydrogen-bond acceptors (Lipinski definition) is 5. The molecule has 0 fully saturated rings. The Morgan fingerprint density at radius 1 is 1.06 bits per heavy atom. The van der Waals surface area contributed by atoms with Crippen LogP contribution in [0.25, 0.3) is 0 Å². The van der Waals surface area contributed by atoms with Gasteiger partial charge < -0.3 is 14.8 Å². The summed E-state index contributed by atoms with van der Waals surface area (Å²) in [4.78, 5) is 12.4. The van der Waals surface area contributed by atoms with Crippen molar-refractivity contribution in [1.82, 2.24) is 0 Å². The summed E-state index contributed by atoms with van der Waals surface area (Å²) in [5.41, 5.74) is 3.07. The molecule has 3 aromatic carbocycles. The summed E-state index contributed by atoms with van der Waals surface area (Å²) < 4.78 is 39.4. The van der Waals surface area contributed by atoms with Gasteiger partial charge in [0, 0.05) is 5.69 Å². The van der Waals surface area contributed by atoms with Gasteiger partial charge in [-0.1, -0.05) is 24.3 Å². The third kappa shape index (κ3) is 4.80. The number of benzene rings is 3. The smallest absolute Gasteiger partial charge is 0.264 e. The first-order valence-electron chi connectivity index (χ1n) is 10.6. The van der Waals surface area contributed by atoms with Crippen molar-refractivity contribution in [3.63, 3.8) is 0 Å². The SMILES string of the molecule is Cc1cccc(OCC(=O)Nc2ccc(S(=O)(=O)N3CC(C)Oc4ccccc43)cc2)c1C. The van der Waals surface area contributed by atoms with E-state index in [9.17, 15) is 13.2 Å². The van der Waals surface area contributed by atoms with E-state index in [1.54, 1.807) is 30.3 Å². The van der Waals surface area contributed by atoms with Crippen LogP contribution in [-0.2, 0) is 14.8 Å². The first-order chi connectivity index (χ1) is 15.8. The molecule has 1 aliphatic heterocycles. The number of hydrogen-bond donors (Lipinski definition) is 1.